The van der Waals surface area contributed by atoms with Gasteiger partial charge in [-0.05, 0) is 12.1 Å². The lowest BCUT2D eigenvalue weighted by atomic mass is 10.1. The van der Waals surface area contributed by atoms with Crippen LogP contribution in [-0.2, 0) is 0 Å². The molecule has 1 aromatic heterocycles. The molecule has 74 valence electrons. The highest BCUT2D eigenvalue weighted by Gasteiger charge is 2.10. The Morgan fingerprint density at radius 1 is 0.933 bits per heavy atom. The molecule has 15 heavy (non-hydrogen) atoms. The van der Waals surface area contributed by atoms with Gasteiger partial charge in [-0.2, -0.15) is 0 Å². The number of hydrogen-bond acceptors (Lipinski definition) is 1. The maximum absolute atomic E-state index is 13.6. The monoisotopic (exact) mass is 220 g/mol. The van der Waals surface area contributed by atoms with Crippen LogP contribution in [0.1, 0.15) is 0 Å². The highest BCUT2D eigenvalue weighted by molar-refractivity contribution is 7.25. The van der Waals surface area contributed by atoms with Gasteiger partial charge in [0.1, 0.15) is 11.6 Å². The van der Waals surface area contributed by atoms with Crippen molar-refractivity contribution in [1.82, 2.24) is 0 Å². The normalized spacial score (nSPS) is 11.3. The van der Waals surface area contributed by atoms with E-state index in [1.165, 1.54) is 17.4 Å². The average molecular weight is 220 g/mol. The van der Waals surface area contributed by atoms with Gasteiger partial charge in [0, 0.05) is 26.2 Å². The van der Waals surface area contributed by atoms with E-state index in [2.05, 4.69) is 0 Å². The third-order valence-corrected chi connectivity index (χ3v) is 3.51. The fraction of sp³-hybridized carbons (Fsp3) is 0. The standard InChI is InChI=1S/C12H6F2S/c13-7-5-9(14)12-8-3-1-2-4-10(8)15-11(12)6-7/h1-6H. The van der Waals surface area contributed by atoms with Gasteiger partial charge in [-0.25, -0.2) is 8.78 Å². The van der Waals surface area contributed by atoms with E-state index in [0.29, 0.717) is 10.1 Å². The Morgan fingerprint density at radius 2 is 1.73 bits per heavy atom. The molecule has 0 atom stereocenters. The predicted octanol–water partition coefficient (Wildman–Crippen LogP) is 4.33. The number of fused-ring (bicyclic) bond motifs is 3. The Labute approximate surface area is 88.8 Å². The number of thiophene rings is 1. The molecule has 3 rings (SSSR count). The first-order valence-corrected chi connectivity index (χ1v) is 5.33. The molecule has 0 bridgehead atoms. The predicted molar refractivity (Wildman–Crippen MR) is 59.2 cm³/mol. The maximum atomic E-state index is 13.6. The molecule has 0 nitrogen and oxygen atoms in total. The molecule has 0 aliphatic carbocycles. The molecular weight excluding hydrogens is 214 g/mol. The summed E-state index contributed by atoms with van der Waals surface area (Å²) in [6.07, 6.45) is 0. The van der Waals surface area contributed by atoms with Crippen molar-refractivity contribution in [1.29, 1.82) is 0 Å². The molecule has 0 aliphatic rings. The van der Waals surface area contributed by atoms with Crippen molar-refractivity contribution >= 4 is 31.5 Å². The summed E-state index contributed by atoms with van der Waals surface area (Å²) >= 11 is 1.41. The van der Waals surface area contributed by atoms with Gasteiger partial charge in [0.05, 0.1) is 0 Å². The molecule has 0 radical (unpaired) electrons. The van der Waals surface area contributed by atoms with Crippen molar-refractivity contribution < 1.29 is 8.78 Å². The Bertz CT molecular complexity index is 655. The summed E-state index contributed by atoms with van der Waals surface area (Å²) in [5, 5.41) is 1.38. The van der Waals surface area contributed by atoms with Gasteiger partial charge in [-0.15, -0.1) is 11.3 Å². The minimum absolute atomic E-state index is 0.484. The van der Waals surface area contributed by atoms with Crippen LogP contribution in [0.3, 0.4) is 0 Å². The first-order valence-electron chi connectivity index (χ1n) is 4.52. The van der Waals surface area contributed by atoms with Gasteiger partial charge in [0.2, 0.25) is 0 Å². The van der Waals surface area contributed by atoms with Crippen LogP contribution in [0.5, 0.6) is 0 Å². The van der Waals surface area contributed by atoms with Crippen LogP contribution in [-0.4, -0.2) is 0 Å². The second kappa shape index (κ2) is 3.00. The largest absolute Gasteiger partial charge is 0.207 e. The molecule has 0 spiro atoms. The van der Waals surface area contributed by atoms with E-state index < -0.39 is 11.6 Å². The summed E-state index contributed by atoms with van der Waals surface area (Å²) in [5.41, 5.74) is 0. The number of rotatable bonds is 0. The third kappa shape index (κ3) is 1.23. The van der Waals surface area contributed by atoms with Crippen molar-refractivity contribution in [3.05, 3.63) is 48.0 Å². The lowest BCUT2D eigenvalue weighted by Gasteiger charge is -1.94. The summed E-state index contributed by atoms with van der Waals surface area (Å²) in [5.74, 6) is -1.01. The topological polar surface area (TPSA) is 0 Å². The minimum atomic E-state index is -0.522. The van der Waals surface area contributed by atoms with Crippen LogP contribution in [0, 0.1) is 11.6 Å². The molecule has 1 heterocycles. The van der Waals surface area contributed by atoms with Gasteiger partial charge in [-0.3, -0.25) is 0 Å². The molecule has 2 aromatic carbocycles. The zero-order chi connectivity index (χ0) is 10.4. The Hall–Kier alpha value is -1.48. The van der Waals surface area contributed by atoms with Crippen molar-refractivity contribution in [2.45, 2.75) is 0 Å². The summed E-state index contributed by atoms with van der Waals surface area (Å²) in [4.78, 5) is 0. The van der Waals surface area contributed by atoms with Crippen LogP contribution in [0.15, 0.2) is 36.4 Å². The molecule has 3 aromatic rings. The lowest BCUT2D eigenvalue weighted by molar-refractivity contribution is 0.593. The van der Waals surface area contributed by atoms with E-state index in [0.717, 1.165) is 16.2 Å². The number of halogens is 2. The molecule has 3 heteroatoms. The van der Waals surface area contributed by atoms with Crippen molar-refractivity contribution in [2.75, 3.05) is 0 Å². The maximum Gasteiger partial charge on any atom is 0.135 e. The zero-order valence-electron chi connectivity index (χ0n) is 7.63. The fourth-order valence-corrected chi connectivity index (χ4v) is 2.92. The SMILES string of the molecule is Fc1cc(F)c2c(c1)sc1ccccc12. The molecule has 0 aliphatic heterocycles. The van der Waals surface area contributed by atoms with Crippen LogP contribution < -0.4 is 0 Å². The molecule has 0 N–H and O–H groups in total. The highest BCUT2D eigenvalue weighted by atomic mass is 32.1. The smallest absolute Gasteiger partial charge is 0.135 e. The Balaban J connectivity index is 2.61. The van der Waals surface area contributed by atoms with Gasteiger partial charge >= 0.3 is 0 Å². The van der Waals surface area contributed by atoms with Gasteiger partial charge in [0.15, 0.2) is 0 Å². The summed E-state index contributed by atoms with van der Waals surface area (Å²) in [6, 6.07) is 9.83. The summed E-state index contributed by atoms with van der Waals surface area (Å²) in [6.45, 7) is 0. The summed E-state index contributed by atoms with van der Waals surface area (Å²) < 4.78 is 28.2. The van der Waals surface area contributed by atoms with E-state index in [-0.39, 0.29) is 0 Å². The van der Waals surface area contributed by atoms with Crippen LogP contribution >= 0.6 is 11.3 Å². The minimum Gasteiger partial charge on any atom is -0.207 e. The molecule has 0 saturated heterocycles. The molecule has 0 amide bonds. The Morgan fingerprint density at radius 3 is 2.60 bits per heavy atom. The second-order valence-electron chi connectivity index (χ2n) is 3.36. The Kier molecular flexibility index (Phi) is 1.76. The van der Waals surface area contributed by atoms with E-state index in [9.17, 15) is 8.78 Å². The first kappa shape index (κ1) is 8.80. The van der Waals surface area contributed by atoms with E-state index >= 15 is 0 Å². The van der Waals surface area contributed by atoms with Crippen molar-refractivity contribution in [3.8, 4) is 0 Å². The molecule has 0 saturated carbocycles. The number of hydrogen-bond donors (Lipinski definition) is 0. The van der Waals surface area contributed by atoms with Crippen molar-refractivity contribution in [2.24, 2.45) is 0 Å². The van der Waals surface area contributed by atoms with E-state index in [1.807, 2.05) is 24.3 Å². The van der Waals surface area contributed by atoms with E-state index in [4.69, 9.17) is 0 Å². The van der Waals surface area contributed by atoms with Gasteiger partial charge < -0.3 is 0 Å². The average Bonchev–Trinajstić information content (AvgIpc) is 2.54. The second-order valence-corrected chi connectivity index (χ2v) is 4.44. The third-order valence-electron chi connectivity index (χ3n) is 2.40. The van der Waals surface area contributed by atoms with E-state index in [1.54, 1.807) is 0 Å². The van der Waals surface area contributed by atoms with Crippen LogP contribution in [0.25, 0.3) is 20.2 Å². The molecule has 0 fully saturated rings. The quantitative estimate of drug-likeness (QED) is 0.529. The van der Waals surface area contributed by atoms with Gasteiger partial charge in [-0.1, -0.05) is 18.2 Å². The molecular formula is C12H6F2S. The highest BCUT2D eigenvalue weighted by Crippen LogP contribution is 2.35. The fourth-order valence-electron chi connectivity index (χ4n) is 1.77. The number of benzene rings is 2. The van der Waals surface area contributed by atoms with Crippen LogP contribution in [0.2, 0.25) is 0 Å². The summed E-state index contributed by atoms with van der Waals surface area (Å²) in [7, 11) is 0. The zero-order valence-corrected chi connectivity index (χ0v) is 8.44. The first-order chi connectivity index (χ1) is 7.25. The van der Waals surface area contributed by atoms with Gasteiger partial charge in [0.25, 0.3) is 0 Å². The lowest BCUT2D eigenvalue weighted by Crippen LogP contribution is -1.79. The molecule has 0 unspecified atom stereocenters. The van der Waals surface area contributed by atoms with Crippen molar-refractivity contribution in [3.63, 3.8) is 0 Å². The van der Waals surface area contributed by atoms with Crippen LogP contribution in [0.4, 0.5) is 8.78 Å².